The van der Waals surface area contributed by atoms with Crippen LogP contribution in [0.2, 0.25) is 0 Å². The summed E-state index contributed by atoms with van der Waals surface area (Å²) in [5, 5.41) is 3.57. The van der Waals surface area contributed by atoms with Crippen molar-refractivity contribution >= 4 is 0 Å². The largest absolute Gasteiger partial charge is 0.371 e. The molecule has 2 unspecified atom stereocenters. The van der Waals surface area contributed by atoms with Gasteiger partial charge in [0.1, 0.15) is 0 Å². The lowest BCUT2D eigenvalue weighted by Crippen LogP contribution is -2.49. The first kappa shape index (κ1) is 14.0. The molecule has 2 atom stereocenters. The number of hydrogen-bond acceptors (Lipinski definition) is 2. The van der Waals surface area contributed by atoms with Gasteiger partial charge in [-0.25, -0.2) is 0 Å². The van der Waals surface area contributed by atoms with Crippen LogP contribution < -0.4 is 5.32 Å². The van der Waals surface area contributed by atoms with Crippen LogP contribution >= 0.6 is 0 Å². The predicted octanol–water partition coefficient (Wildman–Crippen LogP) is 3.36. The van der Waals surface area contributed by atoms with Gasteiger partial charge >= 0.3 is 0 Å². The van der Waals surface area contributed by atoms with Gasteiger partial charge in [0.2, 0.25) is 0 Å². The van der Waals surface area contributed by atoms with E-state index in [2.05, 4.69) is 46.9 Å². The Hall–Kier alpha value is -0.0800. The van der Waals surface area contributed by atoms with Gasteiger partial charge in [0.15, 0.2) is 0 Å². The Labute approximate surface area is 101 Å². The van der Waals surface area contributed by atoms with Crippen LogP contribution in [0.1, 0.15) is 60.8 Å². The fourth-order valence-electron chi connectivity index (χ4n) is 2.59. The minimum atomic E-state index is -0.0360. The number of likely N-dealkylation sites (N-methyl/N-ethyl adjacent to an activating group) is 1. The van der Waals surface area contributed by atoms with Crippen molar-refractivity contribution in [3.63, 3.8) is 0 Å². The molecule has 0 aliphatic heterocycles. The third-order valence-corrected chi connectivity index (χ3v) is 3.31. The van der Waals surface area contributed by atoms with Crippen LogP contribution in [0.3, 0.4) is 0 Å². The quantitative estimate of drug-likeness (QED) is 0.798. The Balaban J connectivity index is 2.64. The van der Waals surface area contributed by atoms with Gasteiger partial charge in [-0.2, -0.15) is 0 Å². The molecule has 0 heterocycles. The molecule has 1 saturated carbocycles. The molecule has 2 heteroatoms. The lowest BCUT2D eigenvalue weighted by atomic mass is 9.74. The van der Waals surface area contributed by atoms with Crippen molar-refractivity contribution in [2.45, 2.75) is 78.6 Å². The van der Waals surface area contributed by atoms with Crippen molar-refractivity contribution in [3.8, 4) is 0 Å². The number of ether oxygens (including phenoxy) is 1. The number of rotatable bonds is 3. The highest BCUT2D eigenvalue weighted by atomic mass is 16.5. The zero-order valence-electron chi connectivity index (χ0n) is 11.9. The van der Waals surface area contributed by atoms with Crippen molar-refractivity contribution in [2.75, 3.05) is 6.54 Å². The molecule has 1 N–H and O–H groups in total. The molecule has 1 aliphatic carbocycles. The lowest BCUT2D eigenvalue weighted by Gasteiger charge is -2.43. The Kier molecular flexibility index (Phi) is 4.42. The molecule has 0 aromatic rings. The van der Waals surface area contributed by atoms with Crippen molar-refractivity contribution in [1.82, 2.24) is 5.32 Å². The first-order chi connectivity index (χ1) is 7.23. The molecular formula is C14H29NO. The average Bonchev–Trinajstić information content (AvgIpc) is 2.06. The van der Waals surface area contributed by atoms with Gasteiger partial charge in [-0.15, -0.1) is 0 Å². The number of nitrogens with one attached hydrogen (secondary N) is 1. The molecule has 1 fully saturated rings. The standard InChI is InChI=1S/C14H29NO/c1-7-15-11-8-9-14(5,6)10-12(11)16-13(2,3)4/h11-12,15H,7-10H2,1-6H3. The van der Waals surface area contributed by atoms with Gasteiger partial charge in [-0.3, -0.25) is 0 Å². The Bertz CT molecular complexity index is 215. The second kappa shape index (κ2) is 5.05. The summed E-state index contributed by atoms with van der Waals surface area (Å²) in [6.07, 6.45) is 4.07. The van der Waals surface area contributed by atoms with E-state index in [9.17, 15) is 0 Å². The molecule has 0 saturated heterocycles. The Morgan fingerprint density at radius 3 is 2.44 bits per heavy atom. The second-order valence-electron chi connectivity index (χ2n) is 6.84. The van der Waals surface area contributed by atoms with Crippen LogP contribution in [0.5, 0.6) is 0 Å². The average molecular weight is 227 g/mol. The van der Waals surface area contributed by atoms with E-state index in [-0.39, 0.29) is 5.60 Å². The Morgan fingerprint density at radius 1 is 1.31 bits per heavy atom. The molecule has 0 radical (unpaired) electrons. The van der Waals surface area contributed by atoms with Crippen LogP contribution in [-0.2, 0) is 4.74 Å². The van der Waals surface area contributed by atoms with Gasteiger partial charge < -0.3 is 10.1 Å². The summed E-state index contributed by atoms with van der Waals surface area (Å²) >= 11 is 0. The molecule has 1 rings (SSSR count). The van der Waals surface area contributed by atoms with E-state index >= 15 is 0 Å². The van der Waals surface area contributed by atoms with Gasteiger partial charge in [0, 0.05) is 6.04 Å². The summed E-state index contributed by atoms with van der Waals surface area (Å²) < 4.78 is 6.22. The Morgan fingerprint density at radius 2 is 1.94 bits per heavy atom. The maximum absolute atomic E-state index is 6.22. The third kappa shape index (κ3) is 4.42. The molecule has 16 heavy (non-hydrogen) atoms. The molecule has 0 aromatic heterocycles. The monoisotopic (exact) mass is 227 g/mol. The van der Waals surface area contributed by atoms with Gasteiger partial charge in [0.05, 0.1) is 11.7 Å². The van der Waals surface area contributed by atoms with E-state index in [1.807, 2.05) is 0 Å². The topological polar surface area (TPSA) is 21.3 Å². The smallest absolute Gasteiger partial charge is 0.0740 e. The fraction of sp³-hybridized carbons (Fsp3) is 1.00. The zero-order chi connectivity index (χ0) is 12.4. The first-order valence-corrected chi connectivity index (χ1v) is 6.65. The highest BCUT2D eigenvalue weighted by molar-refractivity contribution is 4.90. The van der Waals surface area contributed by atoms with Crippen molar-refractivity contribution in [3.05, 3.63) is 0 Å². The molecule has 2 nitrogen and oxygen atoms in total. The van der Waals surface area contributed by atoms with E-state index in [1.54, 1.807) is 0 Å². The SMILES string of the molecule is CCNC1CCC(C)(C)CC1OC(C)(C)C. The number of hydrogen-bond donors (Lipinski definition) is 1. The van der Waals surface area contributed by atoms with E-state index in [0.717, 1.165) is 6.54 Å². The summed E-state index contributed by atoms with van der Waals surface area (Å²) in [6.45, 7) is 14.4. The van der Waals surface area contributed by atoms with Crippen molar-refractivity contribution < 1.29 is 4.74 Å². The van der Waals surface area contributed by atoms with E-state index in [1.165, 1.54) is 19.3 Å². The molecule has 0 spiro atoms. The summed E-state index contributed by atoms with van der Waals surface area (Å²) in [7, 11) is 0. The van der Waals surface area contributed by atoms with E-state index in [4.69, 9.17) is 4.74 Å². The first-order valence-electron chi connectivity index (χ1n) is 6.65. The molecule has 0 aromatic carbocycles. The molecular weight excluding hydrogens is 198 g/mol. The van der Waals surface area contributed by atoms with Crippen LogP contribution in [0.25, 0.3) is 0 Å². The highest BCUT2D eigenvalue weighted by Crippen LogP contribution is 2.38. The van der Waals surface area contributed by atoms with Crippen LogP contribution in [0.15, 0.2) is 0 Å². The van der Waals surface area contributed by atoms with E-state index < -0.39 is 0 Å². The second-order valence-corrected chi connectivity index (χ2v) is 6.84. The summed E-state index contributed by atoms with van der Waals surface area (Å²) in [4.78, 5) is 0. The zero-order valence-corrected chi connectivity index (χ0v) is 11.9. The van der Waals surface area contributed by atoms with E-state index in [0.29, 0.717) is 17.6 Å². The summed E-state index contributed by atoms with van der Waals surface area (Å²) in [5.74, 6) is 0. The maximum Gasteiger partial charge on any atom is 0.0740 e. The van der Waals surface area contributed by atoms with Crippen molar-refractivity contribution in [1.29, 1.82) is 0 Å². The predicted molar refractivity (Wildman–Crippen MR) is 69.7 cm³/mol. The minimum absolute atomic E-state index is 0.0360. The maximum atomic E-state index is 6.22. The van der Waals surface area contributed by atoms with Gasteiger partial charge in [-0.1, -0.05) is 20.8 Å². The van der Waals surface area contributed by atoms with Crippen molar-refractivity contribution in [2.24, 2.45) is 5.41 Å². The van der Waals surface area contributed by atoms with Crippen LogP contribution in [0.4, 0.5) is 0 Å². The van der Waals surface area contributed by atoms with Crippen LogP contribution in [-0.4, -0.2) is 24.3 Å². The van der Waals surface area contributed by atoms with Crippen LogP contribution in [0, 0.1) is 5.41 Å². The molecule has 0 amide bonds. The van der Waals surface area contributed by atoms with Gasteiger partial charge in [-0.05, 0) is 52.0 Å². The molecule has 0 bridgehead atoms. The normalized spacial score (nSPS) is 30.4. The highest BCUT2D eigenvalue weighted by Gasteiger charge is 2.36. The summed E-state index contributed by atoms with van der Waals surface area (Å²) in [5.41, 5.74) is 0.396. The lowest BCUT2D eigenvalue weighted by molar-refractivity contribution is -0.105. The third-order valence-electron chi connectivity index (χ3n) is 3.31. The summed E-state index contributed by atoms with van der Waals surface area (Å²) in [6, 6.07) is 0.539. The minimum Gasteiger partial charge on any atom is -0.371 e. The fourth-order valence-corrected chi connectivity index (χ4v) is 2.59. The molecule has 96 valence electrons. The van der Waals surface area contributed by atoms with Gasteiger partial charge in [0.25, 0.3) is 0 Å². The molecule has 1 aliphatic rings.